The SMILES string of the molecule is Cc1ccc2cc(C(=O)N(C)CC3(O)CCCC3)c(C)nc2c1. The molecule has 0 atom stereocenters. The second kappa shape index (κ2) is 5.93. The number of carbonyl (C=O) groups is 1. The Balaban J connectivity index is 1.87. The molecule has 23 heavy (non-hydrogen) atoms. The van der Waals surface area contributed by atoms with Crippen molar-refractivity contribution in [3.05, 3.63) is 41.1 Å². The van der Waals surface area contributed by atoms with Crippen LogP contribution in [-0.4, -0.2) is 40.1 Å². The summed E-state index contributed by atoms with van der Waals surface area (Å²) >= 11 is 0. The molecule has 1 aliphatic carbocycles. The number of amides is 1. The highest BCUT2D eigenvalue weighted by atomic mass is 16.3. The zero-order valence-corrected chi connectivity index (χ0v) is 14.1. The summed E-state index contributed by atoms with van der Waals surface area (Å²) in [6.45, 7) is 4.29. The molecule has 0 aliphatic heterocycles. The minimum atomic E-state index is -0.723. The number of nitrogens with zero attached hydrogens (tertiary/aromatic N) is 2. The van der Waals surface area contributed by atoms with Crippen molar-refractivity contribution in [2.24, 2.45) is 0 Å². The van der Waals surface area contributed by atoms with Gasteiger partial charge in [0.05, 0.1) is 22.4 Å². The molecule has 1 fully saturated rings. The number of carbonyl (C=O) groups excluding carboxylic acids is 1. The van der Waals surface area contributed by atoms with E-state index in [4.69, 9.17) is 0 Å². The molecule has 4 heteroatoms. The number of likely N-dealkylation sites (N-methyl/N-ethyl adjacent to an activating group) is 1. The maximum atomic E-state index is 12.8. The van der Waals surface area contributed by atoms with Gasteiger partial charge in [0.2, 0.25) is 0 Å². The topological polar surface area (TPSA) is 53.4 Å². The standard InChI is InChI=1S/C19H24N2O2/c1-13-6-7-15-11-16(14(2)20-17(15)10-13)18(22)21(3)12-19(23)8-4-5-9-19/h6-7,10-11,23H,4-5,8-9,12H2,1-3H3. The van der Waals surface area contributed by atoms with Crippen LogP contribution in [0.3, 0.4) is 0 Å². The largest absolute Gasteiger partial charge is 0.388 e. The molecule has 4 nitrogen and oxygen atoms in total. The van der Waals surface area contributed by atoms with Gasteiger partial charge in [-0.3, -0.25) is 9.78 Å². The van der Waals surface area contributed by atoms with Crippen molar-refractivity contribution in [3.8, 4) is 0 Å². The molecule has 1 aromatic heterocycles. The Labute approximate surface area is 137 Å². The molecule has 3 rings (SSSR count). The van der Waals surface area contributed by atoms with Crippen LogP contribution in [0.2, 0.25) is 0 Å². The summed E-state index contributed by atoms with van der Waals surface area (Å²) in [5, 5.41) is 11.5. The molecule has 1 amide bonds. The molecule has 0 radical (unpaired) electrons. The van der Waals surface area contributed by atoms with Crippen LogP contribution in [0, 0.1) is 13.8 Å². The Morgan fingerprint density at radius 1 is 1.26 bits per heavy atom. The molecule has 0 bridgehead atoms. The van der Waals surface area contributed by atoms with Crippen LogP contribution in [0.25, 0.3) is 10.9 Å². The Kier molecular flexibility index (Phi) is 4.11. The van der Waals surface area contributed by atoms with E-state index in [9.17, 15) is 9.90 Å². The van der Waals surface area contributed by atoms with Gasteiger partial charge >= 0.3 is 0 Å². The number of rotatable bonds is 3. The van der Waals surface area contributed by atoms with E-state index in [0.717, 1.165) is 47.8 Å². The molecule has 2 aromatic rings. The quantitative estimate of drug-likeness (QED) is 0.946. The van der Waals surface area contributed by atoms with Crippen LogP contribution < -0.4 is 0 Å². The van der Waals surface area contributed by atoms with Gasteiger partial charge in [-0.2, -0.15) is 0 Å². The number of aryl methyl sites for hydroxylation is 2. The van der Waals surface area contributed by atoms with E-state index in [1.165, 1.54) is 0 Å². The van der Waals surface area contributed by atoms with Crippen molar-refractivity contribution in [2.45, 2.75) is 45.1 Å². The normalized spacial score (nSPS) is 16.7. The lowest BCUT2D eigenvalue weighted by molar-refractivity contribution is 0.0156. The van der Waals surface area contributed by atoms with E-state index in [1.54, 1.807) is 11.9 Å². The predicted octanol–water partition coefficient (Wildman–Crippen LogP) is 3.23. The molecule has 1 saturated carbocycles. The van der Waals surface area contributed by atoms with E-state index >= 15 is 0 Å². The highest BCUT2D eigenvalue weighted by molar-refractivity contribution is 5.98. The average molecular weight is 312 g/mol. The Hall–Kier alpha value is -1.94. The average Bonchev–Trinajstić information content (AvgIpc) is 2.92. The molecule has 1 aromatic carbocycles. The fourth-order valence-electron chi connectivity index (χ4n) is 3.50. The number of hydrogen-bond acceptors (Lipinski definition) is 3. The zero-order valence-electron chi connectivity index (χ0n) is 14.1. The van der Waals surface area contributed by atoms with Gasteiger partial charge in [0.25, 0.3) is 5.91 Å². The third kappa shape index (κ3) is 3.22. The number of aliphatic hydroxyl groups is 1. The van der Waals surface area contributed by atoms with Gasteiger partial charge in [0.15, 0.2) is 0 Å². The maximum Gasteiger partial charge on any atom is 0.255 e. The van der Waals surface area contributed by atoms with Crippen molar-refractivity contribution in [1.29, 1.82) is 0 Å². The third-order valence-electron chi connectivity index (χ3n) is 4.81. The molecule has 1 heterocycles. The van der Waals surface area contributed by atoms with Crippen LogP contribution in [0.15, 0.2) is 24.3 Å². The summed E-state index contributed by atoms with van der Waals surface area (Å²) < 4.78 is 0. The first-order valence-electron chi connectivity index (χ1n) is 8.24. The van der Waals surface area contributed by atoms with Crippen LogP contribution in [0.1, 0.15) is 47.3 Å². The maximum absolute atomic E-state index is 12.8. The van der Waals surface area contributed by atoms with Gasteiger partial charge in [-0.15, -0.1) is 0 Å². The molecular formula is C19H24N2O2. The van der Waals surface area contributed by atoms with Crippen molar-refractivity contribution in [3.63, 3.8) is 0 Å². The third-order valence-corrected chi connectivity index (χ3v) is 4.81. The van der Waals surface area contributed by atoms with Crippen molar-refractivity contribution in [2.75, 3.05) is 13.6 Å². The monoisotopic (exact) mass is 312 g/mol. The van der Waals surface area contributed by atoms with Crippen molar-refractivity contribution >= 4 is 16.8 Å². The Bertz CT molecular complexity index is 748. The highest BCUT2D eigenvalue weighted by Crippen LogP contribution is 2.30. The van der Waals surface area contributed by atoms with Gasteiger partial charge in [-0.05, 0) is 44.4 Å². The van der Waals surface area contributed by atoms with E-state index < -0.39 is 5.60 Å². The minimum absolute atomic E-state index is 0.0715. The fourth-order valence-corrected chi connectivity index (χ4v) is 3.50. The molecule has 1 aliphatic rings. The molecule has 0 unspecified atom stereocenters. The van der Waals surface area contributed by atoms with Crippen molar-refractivity contribution in [1.82, 2.24) is 9.88 Å². The first-order chi connectivity index (χ1) is 10.9. The van der Waals surface area contributed by atoms with E-state index in [1.807, 2.05) is 38.1 Å². The first kappa shape index (κ1) is 15.9. The lowest BCUT2D eigenvalue weighted by atomic mass is 10.0. The second-order valence-corrected chi connectivity index (χ2v) is 6.91. The van der Waals surface area contributed by atoms with Gasteiger partial charge < -0.3 is 10.0 Å². The lowest BCUT2D eigenvalue weighted by Crippen LogP contribution is -2.42. The predicted molar refractivity (Wildman–Crippen MR) is 91.6 cm³/mol. The summed E-state index contributed by atoms with van der Waals surface area (Å²) in [5.74, 6) is -0.0715. The number of aromatic nitrogens is 1. The summed E-state index contributed by atoms with van der Waals surface area (Å²) in [6.07, 6.45) is 3.63. The second-order valence-electron chi connectivity index (χ2n) is 6.91. The fraction of sp³-hybridized carbons (Fsp3) is 0.474. The minimum Gasteiger partial charge on any atom is -0.388 e. The van der Waals surface area contributed by atoms with Crippen LogP contribution in [-0.2, 0) is 0 Å². The molecular weight excluding hydrogens is 288 g/mol. The van der Waals surface area contributed by atoms with E-state index in [0.29, 0.717) is 12.1 Å². The summed E-state index contributed by atoms with van der Waals surface area (Å²) in [5.41, 5.74) is 2.70. The molecule has 1 N–H and O–H groups in total. The number of pyridine rings is 1. The Morgan fingerprint density at radius 2 is 1.96 bits per heavy atom. The van der Waals surface area contributed by atoms with Gasteiger partial charge in [0.1, 0.15) is 0 Å². The summed E-state index contributed by atoms with van der Waals surface area (Å²) in [6, 6.07) is 7.97. The van der Waals surface area contributed by atoms with Crippen LogP contribution >= 0.6 is 0 Å². The summed E-state index contributed by atoms with van der Waals surface area (Å²) in [7, 11) is 1.76. The molecule has 122 valence electrons. The first-order valence-corrected chi connectivity index (χ1v) is 8.24. The Morgan fingerprint density at radius 3 is 2.65 bits per heavy atom. The van der Waals surface area contributed by atoms with Crippen molar-refractivity contribution < 1.29 is 9.90 Å². The number of benzene rings is 1. The van der Waals surface area contributed by atoms with Gasteiger partial charge in [0, 0.05) is 19.0 Å². The van der Waals surface area contributed by atoms with E-state index in [-0.39, 0.29) is 5.91 Å². The zero-order chi connectivity index (χ0) is 16.6. The number of fused-ring (bicyclic) bond motifs is 1. The molecule has 0 saturated heterocycles. The number of hydrogen-bond donors (Lipinski definition) is 1. The summed E-state index contributed by atoms with van der Waals surface area (Å²) in [4.78, 5) is 19.0. The van der Waals surface area contributed by atoms with Crippen LogP contribution in [0.4, 0.5) is 0 Å². The lowest BCUT2D eigenvalue weighted by Gasteiger charge is -2.29. The molecule has 0 spiro atoms. The van der Waals surface area contributed by atoms with E-state index in [2.05, 4.69) is 4.98 Å². The highest BCUT2D eigenvalue weighted by Gasteiger charge is 2.33. The van der Waals surface area contributed by atoms with Gasteiger partial charge in [-0.1, -0.05) is 25.0 Å². The van der Waals surface area contributed by atoms with Crippen LogP contribution in [0.5, 0.6) is 0 Å². The van der Waals surface area contributed by atoms with Gasteiger partial charge in [-0.25, -0.2) is 0 Å². The smallest absolute Gasteiger partial charge is 0.255 e.